The predicted molar refractivity (Wildman–Crippen MR) is 79.4 cm³/mol. The van der Waals surface area contributed by atoms with Crippen molar-refractivity contribution in [3.63, 3.8) is 0 Å². The van der Waals surface area contributed by atoms with Gasteiger partial charge in [-0.05, 0) is 13.0 Å². The first kappa shape index (κ1) is 16.4. The molecule has 0 fully saturated rings. The van der Waals surface area contributed by atoms with E-state index in [4.69, 9.17) is 18.9 Å². The predicted octanol–water partition coefficient (Wildman–Crippen LogP) is 2.48. The minimum absolute atomic E-state index is 0.573. The maximum atomic E-state index is 5.69. The molecular weight excluding hydrogens is 258 g/mol. The molecule has 0 spiro atoms. The molecule has 0 unspecified atom stereocenters. The van der Waals surface area contributed by atoms with E-state index in [9.17, 15) is 0 Å². The van der Waals surface area contributed by atoms with E-state index in [0.717, 1.165) is 13.1 Å². The summed E-state index contributed by atoms with van der Waals surface area (Å²) < 4.78 is 21.5. The lowest BCUT2D eigenvalue weighted by Crippen LogP contribution is -2.21. The molecule has 0 aliphatic carbocycles. The molecule has 0 amide bonds. The zero-order chi connectivity index (χ0) is 14.8. The molecule has 0 heterocycles. The second-order valence-corrected chi connectivity index (χ2v) is 4.31. The van der Waals surface area contributed by atoms with Crippen molar-refractivity contribution in [3.05, 3.63) is 12.1 Å². The van der Waals surface area contributed by atoms with Crippen LogP contribution in [0.1, 0.15) is 19.8 Å². The number of benzene rings is 1. The Bertz CT molecular complexity index is 370. The fraction of sp³-hybridized carbons (Fsp3) is 0.600. The van der Waals surface area contributed by atoms with Gasteiger partial charge in [-0.1, -0.05) is 13.3 Å². The molecule has 0 saturated heterocycles. The molecule has 1 N–H and O–H groups in total. The maximum absolute atomic E-state index is 5.69. The monoisotopic (exact) mass is 283 g/mol. The molecule has 114 valence electrons. The van der Waals surface area contributed by atoms with Gasteiger partial charge in [-0.25, -0.2) is 0 Å². The molecule has 0 aliphatic rings. The summed E-state index contributed by atoms with van der Waals surface area (Å²) >= 11 is 0. The van der Waals surface area contributed by atoms with Crippen molar-refractivity contribution in [1.29, 1.82) is 0 Å². The minimum atomic E-state index is 0.573. The number of ether oxygens (including phenoxy) is 4. The largest absolute Gasteiger partial charge is 0.493 e. The van der Waals surface area contributed by atoms with Crippen LogP contribution < -0.4 is 24.3 Å². The van der Waals surface area contributed by atoms with Crippen LogP contribution in [0.15, 0.2) is 12.1 Å². The van der Waals surface area contributed by atoms with Gasteiger partial charge in [0.15, 0.2) is 11.5 Å². The zero-order valence-electron chi connectivity index (χ0n) is 12.8. The highest BCUT2D eigenvalue weighted by molar-refractivity contribution is 5.55. The average Bonchev–Trinajstić information content (AvgIpc) is 2.49. The first-order valence-electron chi connectivity index (χ1n) is 6.90. The van der Waals surface area contributed by atoms with Crippen molar-refractivity contribution in [1.82, 2.24) is 5.32 Å². The molecular formula is C15H25NO4. The molecule has 0 radical (unpaired) electrons. The minimum Gasteiger partial charge on any atom is -0.493 e. The Balaban J connectivity index is 2.57. The van der Waals surface area contributed by atoms with Gasteiger partial charge in [0, 0.05) is 18.7 Å². The highest BCUT2D eigenvalue weighted by Gasteiger charge is 2.13. The van der Waals surface area contributed by atoms with Crippen LogP contribution in [0.5, 0.6) is 23.0 Å². The Morgan fingerprint density at radius 1 is 0.950 bits per heavy atom. The third-order valence-corrected chi connectivity index (χ3v) is 2.89. The van der Waals surface area contributed by atoms with Crippen molar-refractivity contribution in [2.45, 2.75) is 19.8 Å². The molecule has 0 saturated carbocycles. The Kier molecular flexibility index (Phi) is 7.65. The first-order valence-corrected chi connectivity index (χ1v) is 6.90. The second-order valence-electron chi connectivity index (χ2n) is 4.31. The van der Waals surface area contributed by atoms with E-state index in [0.29, 0.717) is 29.6 Å². The molecule has 0 aromatic heterocycles. The Morgan fingerprint density at radius 2 is 1.60 bits per heavy atom. The summed E-state index contributed by atoms with van der Waals surface area (Å²) in [5.74, 6) is 2.47. The van der Waals surface area contributed by atoms with E-state index < -0.39 is 0 Å². The van der Waals surface area contributed by atoms with Crippen LogP contribution in [0.3, 0.4) is 0 Å². The highest BCUT2D eigenvalue weighted by atomic mass is 16.5. The smallest absolute Gasteiger partial charge is 0.203 e. The van der Waals surface area contributed by atoms with Crippen molar-refractivity contribution in [3.8, 4) is 23.0 Å². The van der Waals surface area contributed by atoms with E-state index in [1.807, 2.05) is 0 Å². The molecule has 5 nitrogen and oxygen atoms in total. The zero-order valence-corrected chi connectivity index (χ0v) is 12.8. The third-order valence-electron chi connectivity index (χ3n) is 2.89. The topological polar surface area (TPSA) is 49.0 Å². The molecule has 0 bridgehead atoms. The number of hydrogen-bond donors (Lipinski definition) is 1. The van der Waals surface area contributed by atoms with Crippen LogP contribution in [-0.4, -0.2) is 41.0 Å². The Hall–Kier alpha value is -1.62. The maximum Gasteiger partial charge on any atom is 0.203 e. The Morgan fingerprint density at radius 3 is 2.10 bits per heavy atom. The van der Waals surface area contributed by atoms with Gasteiger partial charge in [0.2, 0.25) is 5.75 Å². The quantitative estimate of drug-likeness (QED) is 0.669. The van der Waals surface area contributed by atoms with Crippen LogP contribution in [0.25, 0.3) is 0 Å². The number of nitrogens with one attached hydrogen (secondary N) is 1. The molecule has 5 heteroatoms. The van der Waals surface area contributed by atoms with Crippen molar-refractivity contribution in [2.24, 2.45) is 0 Å². The third kappa shape index (κ3) is 4.81. The van der Waals surface area contributed by atoms with Crippen molar-refractivity contribution in [2.75, 3.05) is 41.0 Å². The number of unbranched alkanes of at least 4 members (excludes halogenated alkanes) is 1. The Labute approximate surface area is 121 Å². The molecule has 1 aromatic rings. The first-order chi connectivity index (χ1) is 9.76. The number of hydrogen-bond acceptors (Lipinski definition) is 5. The summed E-state index contributed by atoms with van der Waals surface area (Å²) in [5.41, 5.74) is 0. The van der Waals surface area contributed by atoms with Gasteiger partial charge in [-0.15, -0.1) is 0 Å². The van der Waals surface area contributed by atoms with Crippen LogP contribution >= 0.6 is 0 Å². The molecule has 1 aromatic carbocycles. The van der Waals surface area contributed by atoms with E-state index >= 15 is 0 Å². The second kappa shape index (κ2) is 9.31. The van der Waals surface area contributed by atoms with Gasteiger partial charge in [0.25, 0.3) is 0 Å². The lowest BCUT2D eigenvalue weighted by molar-refractivity contribution is 0.297. The van der Waals surface area contributed by atoms with Crippen molar-refractivity contribution >= 4 is 0 Å². The van der Waals surface area contributed by atoms with Crippen LogP contribution in [-0.2, 0) is 0 Å². The van der Waals surface area contributed by atoms with Gasteiger partial charge in [-0.2, -0.15) is 0 Å². The molecule has 20 heavy (non-hydrogen) atoms. The SMILES string of the molecule is CCCCNCCOc1cc(OC)c(OC)c(OC)c1. The van der Waals surface area contributed by atoms with Gasteiger partial charge in [0.1, 0.15) is 12.4 Å². The van der Waals surface area contributed by atoms with Crippen LogP contribution in [0.4, 0.5) is 0 Å². The van der Waals surface area contributed by atoms with E-state index in [1.165, 1.54) is 12.8 Å². The standard InChI is InChI=1S/C15H25NO4/c1-5-6-7-16-8-9-20-12-10-13(17-2)15(19-4)14(11-12)18-3/h10-11,16H,5-9H2,1-4H3. The van der Waals surface area contributed by atoms with Gasteiger partial charge < -0.3 is 24.3 Å². The summed E-state index contributed by atoms with van der Waals surface area (Å²) in [5, 5.41) is 3.32. The van der Waals surface area contributed by atoms with Gasteiger partial charge >= 0.3 is 0 Å². The van der Waals surface area contributed by atoms with E-state index in [2.05, 4.69) is 12.2 Å². The van der Waals surface area contributed by atoms with Crippen LogP contribution in [0, 0.1) is 0 Å². The lowest BCUT2D eigenvalue weighted by Gasteiger charge is -2.14. The van der Waals surface area contributed by atoms with Crippen LogP contribution in [0.2, 0.25) is 0 Å². The molecule has 0 atom stereocenters. The fourth-order valence-electron chi connectivity index (χ4n) is 1.81. The van der Waals surface area contributed by atoms with E-state index in [1.54, 1.807) is 33.5 Å². The van der Waals surface area contributed by atoms with Crippen molar-refractivity contribution < 1.29 is 18.9 Å². The highest BCUT2D eigenvalue weighted by Crippen LogP contribution is 2.40. The number of rotatable bonds is 10. The van der Waals surface area contributed by atoms with Gasteiger partial charge in [0.05, 0.1) is 21.3 Å². The lowest BCUT2D eigenvalue weighted by atomic mass is 10.2. The normalized spacial score (nSPS) is 10.2. The fourth-order valence-corrected chi connectivity index (χ4v) is 1.81. The van der Waals surface area contributed by atoms with Gasteiger partial charge in [-0.3, -0.25) is 0 Å². The summed E-state index contributed by atoms with van der Waals surface area (Å²) in [6.45, 7) is 4.61. The molecule has 1 rings (SSSR count). The summed E-state index contributed by atoms with van der Waals surface area (Å²) in [4.78, 5) is 0. The summed E-state index contributed by atoms with van der Waals surface area (Å²) in [6.07, 6.45) is 2.38. The summed E-state index contributed by atoms with van der Waals surface area (Å²) in [7, 11) is 4.76. The summed E-state index contributed by atoms with van der Waals surface area (Å²) in [6, 6.07) is 3.60. The molecule has 0 aliphatic heterocycles. The van der Waals surface area contributed by atoms with E-state index in [-0.39, 0.29) is 0 Å². The average molecular weight is 283 g/mol. The number of methoxy groups -OCH3 is 3.